The Morgan fingerprint density at radius 3 is 2.63 bits per heavy atom. The standard InChI is InChI=1S/C14H19NO3S/c1-11(10-13(16)18-8-9-19-2)15-14(17)12-6-4-3-5-7-12/h3-7,11H,8-10H2,1-2H3,(H,15,17). The maximum Gasteiger partial charge on any atom is 0.307 e. The molecule has 0 aliphatic carbocycles. The smallest absolute Gasteiger partial charge is 0.307 e. The first-order valence-electron chi connectivity index (χ1n) is 6.14. The summed E-state index contributed by atoms with van der Waals surface area (Å²) < 4.78 is 5.03. The molecular formula is C14H19NO3S. The number of carbonyl (C=O) groups excluding carboxylic acids is 2. The third-order valence-corrected chi connectivity index (χ3v) is 3.01. The van der Waals surface area contributed by atoms with Gasteiger partial charge in [0.05, 0.1) is 6.42 Å². The van der Waals surface area contributed by atoms with Crippen LogP contribution in [0.3, 0.4) is 0 Å². The molecule has 1 N–H and O–H groups in total. The Hall–Kier alpha value is -1.49. The summed E-state index contributed by atoms with van der Waals surface area (Å²) in [6.07, 6.45) is 2.14. The molecule has 1 rings (SSSR count). The van der Waals surface area contributed by atoms with E-state index in [0.29, 0.717) is 12.2 Å². The molecule has 1 unspecified atom stereocenters. The Morgan fingerprint density at radius 1 is 1.32 bits per heavy atom. The fourth-order valence-corrected chi connectivity index (χ4v) is 1.75. The Kier molecular flexibility index (Phi) is 7.03. The number of ether oxygens (including phenoxy) is 1. The second-order valence-corrected chi connectivity index (χ2v) is 5.14. The summed E-state index contributed by atoms with van der Waals surface area (Å²) in [7, 11) is 0. The molecule has 1 aromatic carbocycles. The third-order valence-electron chi connectivity index (χ3n) is 2.44. The molecule has 19 heavy (non-hydrogen) atoms. The summed E-state index contributed by atoms with van der Waals surface area (Å²) in [6, 6.07) is 8.68. The molecule has 0 saturated carbocycles. The number of thioether (sulfide) groups is 1. The molecular weight excluding hydrogens is 262 g/mol. The van der Waals surface area contributed by atoms with E-state index < -0.39 is 0 Å². The number of nitrogens with one attached hydrogen (secondary N) is 1. The van der Waals surface area contributed by atoms with Crippen molar-refractivity contribution in [3.8, 4) is 0 Å². The SMILES string of the molecule is CSCCOC(=O)CC(C)NC(=O)c1ccccc1. The molecule has 0 aliphatic rings. The molecule has 0 heterocycles. The van der Waals surface area contributed by atoms with Crippen molar-refractivity contribution in [1.29, 1.82) is 0 Å². The van der Waals surface area contributed by atoms with Gasteiger partial charge >= 0.3 is 5.97 Å². The van der Waals surface area contributed by atoms with Gasteiger partial charge in [-0.2, -0.15) is 11.8 Å². The summed E-state index contributed by atoms with van der Waals surface area (Å²) >= 11 is 1.62. The highest BCUT2D eigenvalue weighted by Gasteiger charge is 2.13. The van der Waals surface area contributed by atoms with Crippen LogP contribution in [0.2, 0.25) is 0 Å². The quantitative estimate of drug-likeness (QED) is 0.614. The molecule has 0 spiro atoms. The Balaban J connectivity index is 2.33. The van der Waals surface area contributed by atoms with Gasteiger partial charge in [0.1, 0.15) is 6.61 Å². The predicted octanol–water partition coefficient (Wildman–Crippen LogP) is 2.10. The molecule has 1 aromatic rings. The molecule has 0 radical (unpaired) electrons. The highest BCUT2D eigenvalue weighted by atomic mass is 32.2. The maximum atomic E-state index is 11.8. The molecule has 0 aromatic heterocycles. The predicted molar refractivity (Wildman–Crippen MR) is 77.3 cm³/mol. The van der Waals surface area contributed by atoms with E-state index >= 15 is 0 Å². The van der Waals surface area contributed by atoms with Crippen molar-refractivity contribution in [3.63, 3.8) is 0 Å². The van der Waals surface area contributed by atoms with Gasteiger partial charge in [-0.25, -0.2) is 0 Å². The van der Waals surface area contributed by atoms with Gasteiger partial charge in [-0.3, -0.25) is 9.59 Å². The van der Waals surface area contributed by atoms with Crippen LogP contribution in [0.1, 0.15) is 23.7 Å². The van der Waals surface area contributed by atoms with Gasteiger partial charge in [-0.1, -0.05) is 18.2 Å². The van der Waals surface area contributed by atoms with Crippen molar-refractivity contribution in [2.45, 2.75) is 19.4 Å². The van der Waals surface area contributed by atoms with Gasteiger partial charge in [0.2, 0.25) is 0 Å². The summed E-state index contributed by atoms with van der Waals surface area (Å²) in [6.45, 7) is 2.20. The summed E-state index contributed by atoms with van der Waals surface area (Å²) in [5, 5.41) is 2.77. The average molecular weight is 281 g/mol. The topological polar surface area (TPSA) is 55.4 Å². The van der Waals surface area contributed by atoms with Gasteiger partial charge in [-0.05, 0) is 25.3 Å². The molecule has 0 fully saturated rings. The van der Waals surface area contributed by atoms with Gasteiger partial charge in [0.25, 0.3) is 5.91 Å². The van der Waals surface area contributed by atoms with Crippen molar-refractivity contribution in [2.24, 2.45) is 0 Å². The van der Waals surface area contributed by atoms with E-state index in [0.717, 1.165) is 5.75 Å². The third kappa shape index (κ3) is 6.29. The zero-order valence-electron chi connectivity index (χ0n) is 11.2. The summed E-state index contributed by atoms with van der Waals surface area (Å²) in [5.41, 5.74) is 0.588. The first-order chi connectivity index (χ1) is 9.13. The van der Waals surface area contributed by atoms with E-state index in [9.17, 15) is 9.59 Å². The van der Waals surface area contributed by atoms with E-state index in [1.54, 1.807) is 43.0 Å². The van der Waals surface area contributed by atoms with Crippen LogP contribution in [0.4, 0.5) is 0 Å². The Morgan fingerprint density at radius 2 is 2.00 bits per heavy atom. The number of hydrogen-bond donors (Lipinski definition) is 1. The lowest BCUT2D eigenvalue weighted by Crippen LogP contribution is -2.34. The van der Waals surface area contributed by atoms with Crippen LogP contribution in [0, 0.1) is 0 Å². The van der Waals surface area contributed by atoms with Crippen LogP contribution in [0.15, 0.2) is 30.3 Å². The highest BCUT2D eigenvalue weighted by Crippen LogP contribution is 2.01. The normalized spacial score (nSPS) is 11.7. The van der Waals surface area contributed by atoms with Crippen LogP contribution in [0.25, 0.3) is 0 Å². The lowest BCUT2D eigenvalue weighted by molar-refractivity contribution is -0.143. The van der Waals surface area contributed by atoms with Crippen LogP contribution < -0.4 is 5.32 Å². The number of rotatable bonds is 7. The van der Waals surface area contributed by atoms with Crippen molar-refractivity contribution >= 4 is 23.6 Å². The first-order valence-corrected chi connectivity index (χ1v) is 7.53. The maximum absolute atomic E-state index is 11.8. The zero-order valence-corrected chi connectivity index (χ0v) is 12.0. The van der Waals surface area contributed by atoms with E-state index in [4.69, 9.17) is 4.74 Å². The van der Waals surface area contributed by atoms with Crippen molar-refractivity contribution in [3.05, 3.63) is 35.9 Å². The number of carbonyl (C=O) groups is 2. The minimum absolute atomic E-state index is 0.176. The minimum atomic E-state index is -0.282. The summed E-state index contributed by atoms with van der Waals surface area (Å²) in [5.74, 6) is 0.330. The van der Waals surface area contributed by atoms with Crippen LogP contribution in [0.5, 0.6) is 0 Å². The zero-order chi connectivity index (χ0) is 14.1. The second-order valence-electron chi connectivity index (χ2n) is 4.16. The largest absolute Gasteiger partial charge is 0.465 e. The molecule has 1 atom stereocenters. The molecule has 5 heteroatoms. The summed E-state index contributed by atoms with van der Waals surface area (Å²) in [4.78, 5) is 23.3. The highest BCUT2D eigenvalue weighted by molar-refractivity contribution is 7.98. The van der Waals surface area contributed by atoms with Crippen molar-refractivity contribution in [2.75, 3.05) is 18.6 Å². The molecule has 0 saturated heterocycles. The number of esters is 1. The van der Waals surface area contributed by atoms with Crippen LogP contribution >= 0.6 is 11.8 Å². The number of amides is 1. The first kappa shape index (κ1) is 15.6. The molecule has 0 bridgehead atoms. The number of benzene rings is 1. The van der Waals surface area contributed by atoms with Crippen molar-refractivity contribution in [1.82, 2.24) is 5.32 Å². The Labute approximate surface area is 117 Å². The fraction of sp³-hybridized carbons (Fsp3) is 0.429. The van der Waals surface area contributed by atoms with E-state index in [2.05, 4.69) is 5.32 Å². The molecule has 0 aliphatic heterocycles. The Bertz CT molecular complexity index is 408. The van der Waals surface area contributed by atoms with E-state index in [-0.39, 0.29) is 24.3 Å². The van der Waals surface area contributed by atoms with Gasteiger partial charge in [0.15, 0.2) is 0 Å². The van der Waals surface area contributed by atoms with Gasteiger partial charge < -0.3 is 10.1 Å². The van der Waals surface area contributed by atoms with Gasteiger partial charge in [0, 0.05) is 17.4 Å². The fourth-order valence-electron chi connectivity index (χ4n) is 1.50. The lowest BCUT2D eigenvalue weighted by Gasteiger charge is -2.13. The van der Waals surface area contributed by atoms with Crippen molar-refractivity contribution < 1.29 is 14.3 Å². The monoisotopic (exact) mass is 281 g/mol. The minimum Gasteiger partial charge on any atom is -0.465 e. The second kappa shape index (κ2) is 8.58. The molecule has 104 valence electrons. The average Bonchev–Trinajstić information content (AvgIpc) is 2.39. The lowest BCUT2D eigenvalue weighted by atomic mass is 10.2. The number of hydrogen-bond acceptors (Lipinski definition) is 4. The van der Waals surface area contributed by atoms with Crippen LogP contribution in [-0.4, -0.2) is 36.5 Å². The van der Waals surface area contributed by atoms with E-state index in [1.807, 2.05) is 12.3 Å². The van der Waals surface area contributed by atoms with E-state index in [1.165, 1.54) is 0 Å². The van der Waals surface area contributed by atoms with Crippen LogP contribution in [-0.2, 0) is 9.53 Å². The van der Waals surface area contributed by atoms with Gasteiger partial charge in [-0.15, -0.1) is 0 Å². The molecule has 4 nitrogen and oxygen atoms in total. The molecule has 1 amide bonds.